The molecule has 1 amide bonds. The van der Waals surface area contributed by atoms with Crippen LogP contribution in [0.1, 0.15) is 51.4 Å². The average molecular weight is 293 g/mol. The molecule has 0 aromatic carbocycles. The highest BCUT2D eigenvalue weighted by Crippen LogP contribution is 2.27. The molecule has 1 N–H and O–H groups in total. The molecule has 20 heavy (non-hydrogen) atoms. The predicted molar refractivity (Wildman–Crippen MR) is 82.1 cm³/mol. The number of aromatic nitrogens is 1. The van der Waals surface area contributed by atoms with Crippen molar-refractivity contribution in [1.29, 1.82) is 0 Å². The van der Waals surface area contributed by atoms with Crippen molar-refractivity contribution in [2.45, 2.75) is 63.5 Å². The van der Waals surface area contributed by atoms with Gasteiger partial charge in [0.25, 0.3) is 0 Å². The smallest absolute Gasteiger partial charge is 0.243 e. The van der Waals surface area contributed by atoms with Crippen molar-refractivity contribution < 1.29 is 4.79 Å². The maximum atomic E-state index is 12.6. The van der Waals surface area contributed by atoms with Crippen LogP contribution in [0.4, 0.5) is 5.13 Å². The molecule has 5 heteroatoms. The summed E-state index contributed by atoms with van der Waals surface area (Å²) in [4.78, 5) is 19.1. The zero-order valence-corrected chi connectivity index (χ0v) is 12.7. The standard InChI is InChI=1S/C15H23N3OS/c19-14(17-12-6-3-1-2-4-7-12)13-8-5-10-18(13)15-16-9-11-20-15/h9,11-13H,1-8,10H2,(H,17,19). The fourth-order valence-corrected chi connectivity index (χ4v) is 4.07. The van der Waals surface area contributed by atoms with Gasteiger partial charge in [-0.3, -0.25) is 4.79 Å². The highest BCUT2D eigenvalue weighted by atomic mass is 32.1. The van der Waals surface area contributed by atoms with Gasteiger partial charge in [0.2, 0.25) is 5.91 Å². The van der Waals surface area contributed by atoms with E-state index < -0.39 is 0 Å². The Hall–Kier alpha value is -1.10. The first-order chi connectivity index (χ1) is 9.84. The molecule has 0 bridgehead atoms. The summed E-state index contributed by atoms with van der Waals surface area (Å²) >= 11 is 1.63. The minimum absolute atomic E-state index is 0.00981. The molecule has 0 radical (unpaired) electrons. The van der Waals surface area contributed by atoms with E-state index in [1.165, 1.54) is 25.7 Å². The van der Waals surface area contributed by atoms with Gasteiger partial charge in [-0.15, -0.1) is 11.3 Å². The third kappa shape index (κ3) is 3.14. The number of rotatable bonds is 3. The lowest BCUT2D eigenvalue weighted by atomic mass is 10.1. The first-order valence-corrected chi connectivity index (χ1v) is 8.69. The van der Waals surface area contributed by atoms with Crippen molar-refractivity contribution in [3.05, 3.63) is 11.6 Å². The molecule has 3 rings (SSSR count). The topological polar surface area (TPSA) is 45.2 Å². The summed E-state index contributed by atoms with van der Waals surface area (Å²) in [6.45, 7) is 0.955. The Morgan fingerprint density at radius 3 is 2.70 bits per heavy atom. The number of hydrogen-bond acceptors (Lipinski definition) is 4. The highest BCUT2D eigenvalue weighted by molar-refractivity contribution is 7.13. The van der Waals surface area contributed by atoms with Gasteiger partial charge in [-0.05, 0) is 25.7 Å². The van der Waals surface area contributed by atoms with Gasteiger partial charge in [-0.25, -0.2) is 4.98 Å². The van der Waals surface area contributed by atoms with Crippen LogP contribution in [-0.2, 0) is 4.79 Å². The van der Waals surface area contributed by atoms with Gasteiger partial charge >= 0.3 is 0 Å². The van der Waals surface area contributed by atoms with Crippen LogP contribution in [0.2, 0.25) is 0 Å². The molecule has 1 aliphatic heterocycles. The third-order valence-corrected chi connectivity index (χ3v) is 5.23. The second kappa shape index (κ2) is 6.57. The third-order valence-electron chi connectivity index (χ3n) is 4.42. The second-order valence-corrected chi connectivity index (χ2v) is 6.74. The van der Waals surface area contributed by atoms with Gasteiger partial charge in [0.1, 0.15) is 6.04 Å². The molecule has 1 saturated heterocycles. The maximum absolute atomic E-state index is 12.6. The molecule has 1 aromatic rings. The molecule has 2 aliphatic rings. The summed E-state index contributed by atoms with van der Waals surface area (Å²) in [7, 11) is 0. The van der Waals surface area contributed by atoms with Crippen molar-refractivity contribution in [3.8, 4) is 0 Å². The van der Waals surface area contributed by atoms with Crippen molar-refractivity contribution in [1.82, 2.24) is 10.3 Å². The van der Waals surface area contributed by atoms with Gasteiger partial charge in [0, 0.05) is 24.2 Å². The quantitative estimate of drug-likeness (QED) is 0.872. The van der Waals surface area contributed by atoms with E-state index in [1.807, 2.05) is 11.6 Å². The summed E-state index contributed by atoms with van der Waals surface area (Å²) in [5, 5.41) is 6.26. The fourth-order valence-electron chi connectivity index (χ4n) is 3.35. The number of nitrogens with zero attached hydrogens (tertiary/aromatic N) is 2. The second-order valence-electron chi connectivity index (χ2n) is 5.86. The Labute approximate surface area is 124 Å². The molecular formula is C15H23N3OS. The lowest BCUT2D eigenvalue weighted by Crippen LogP contribution is -2.47. The van der Waals surface area contributed by atoms with E-state index in [1.54, 1.807) is 11.3 Å². The molecule has 4 nitrogen and oxygen atoms in total. The van der Waals surface area contributed by atoms with Crippen molar-refractivity contribution in [3.63, 3.8) is 0 Å². The van der Waals surface area contributed by atoms with Gasteiger partial charge in [-0.2, -0.15) is 0 Å². The Kier molecular flexibility index (Phi) is 4.55. The van der Waals surface area contributed by atoms with Crippen LogP contribution in [-0.4, -0.2) is 29.5 Å². The summed E-state index contributed by atoms with van der Waals surface area (Å²) < 4.78 is 0. The van der Waals surface area contributed by atoms with E-state index in [2.05, 4.69) is 15.2 Å². The van der Waals surface area contributed by atoms with E-state index in [9.17, 15) is 4.79 Å². The Bertz CT molecular complexity index is 426. The molecule has 1 saturated carbocycles. The first kappa shape index (κ1) is 13.9. The molecule has 1 atom stereocenters. The minimum Gasteiger partial charge on any atom is -0.352 e. The van der Waals surface area contributed by atoms with Crippen LogP contribution in [0, 0.1) is 0 Å². The van der Waals surface area contributed by atoms with E-state index in [4.69, 9.17) is 0 Å². The summed E-state index contributed by atoms with van der Waals surface area (Å²) in [6.07, 6.45) is 11.3. The van der Waals surface area contributed by atoms with Crippen molar-refractivity contribution >= 4 is 22.4 Å². The number of hydrogen-bond donors (Lipinski definition) is 1. The first-order valence-electron chi connectivity index (χ1n) is 7.81. The number of carbonyl (C=O) groups is 1. The lowest BCUT2D eigenvalue weighted by molar-refractivity contribution is -0.123. The van der Waals surface area contributed by atoms with Gasteiger partial charge in [0.05, 0.1) is 0 Å². The predicted octanol–water partition coefficient (Wildman–Crippen LogP) is 2.95. The van der Waals surface area contributed by atoms with E-state index in [0.29, 0.717) is 6.04 Å². The molecule has 0 spiro atoms. The summed E-state index contributed by atoms with van der Waals surface area (Å²) in [5.74, 6) is 0.213. The molecule has 2 heterocycles. The maximum Gasteiger partial charge on any atom is 0.243 e. The largest absolute Gasteiger partial charge is 0.352 e. The molecular weight excluding hydrogens is 270 g/mol. The van der Waals surface area contributed by atoms with Crippen LogP contribution < -0.4 is 10.2 Å². The van der Waals surface area contributed by atoms with Gasteiger partial charge < -0.3 is 10.2 Å². The number of anilines is 1. The zero-order valence-electron chi connectivity index (χ0n) is 11.9. The molecule has 1 aliphatic carbocycles. The van der Waals surface area contributed by atoms with Crippen LogP contribution >= 0.6 is 11.3 Å². The molecule has 2 fully saturated rings. The number of amides is 1. The van der Waals surface area contributed by atoms with Gasteiger partial charge in [-0.1, -0.05) is 25.7 Å². The number of thiazole rings is 1. The van der Waals surface area contributed by atoms with E-state index in [0.717, 1.165) is 37.4 Å². The average Bonchev–Trinajstić information content (AvgIpc) is 3.07. The SMILES string of the molecule is O=C(NC1CCCCCC1)C1CCCN1c1nccs1. The Balaban J connectivity index is 1.61. The molecule has 110 valence electrons. The normalized spacial score (nSPS) is 24.6. The van der Waals surface area contributed by atoms with Crippen molar-refractivity contribution in [2.24, 2.45) is 0 Å². The fraction of sp³-hybridized carbons (Fsp3) is 0.733. The Morgan fingerprint density at radius 1 is 1.20 bits per heavy atom. The van der Waals surface area contributed by atoms with Crippen LogP contribution in [0.15, 0.2) is 11.6 Å². The highest BCUT2D eigenvalue weighted by Gasteiger charge is 2.33. The summed E-state index contributed by atoms with van der Waals surface area (Å²) in [5.41, 5.74) is 0. The van der Waals surface area contributed by atoms with E-state index >= 15 is 0 Å². The monoisotopic (exact) mass is 293 g/mol. The van der Waals surface area contributed by atoms with Crippen molar-refractivity contribution in [2.75, 3.05) is 11.4 Å². The Morgan fingerprint density at radius 2 is 2.00 bits per heavy atom. The number of nitrogens with one attached hydrogen (secondary N) is 1. The van der Waals surface area contributed by atoms with Gasteiger partial charge in [0.15, 0.2) is 5.13 Å². The van der Waals surface area contributed by atoms with Crippen LogP contribution in [0.5, 0.6) is 0 Å². The van der Waals surface area contributed by atoms with E-state index in [-0.39, 0.29) is 11.9 Å². The minimum atomic E-state index is -0.00981. The summed E-state index contributed by atoms with van der Waals surface area (Å²) in [6, 6.07) is 0.383. The number of carbonyl (C=O) groups excluding carboxylic acids is 1. The lowest BCUT2D eigenvalue weighted by Gasteiger charge is -2.25. The zero-order chi connectivity index (χ0) is 13.8. The molecule has 1 aromatic heterocycles. The van der Waals surface area contributed by atoms with Crippen LogP contribution in [0.3, 0.4) is 0 Å². The van der Waals surface area contributed by atoms with Crippen LogP contribution in [0.25, 0.3) is 0 Å². The molecule has 1 unspecified atom stereocenters.